The number of esters is 2. The average molecular weight is 394 g/mol. The minimum absolute atomic E-state index is 0.0301. The quantitative estimate of drug-likeness (QED) is 0.521. The van der Waals surface area contributed by atoms with Crippen molar-refractivity contribution in [3.8, 4) is 0 Å². The number of hydrogen-bond donors (Lipinski definition) is 2. The summed E-state index contributed by atoms with van der Waals surface area (Å²) < 4.78 is 15.0. The number of primary amides is 1. The van der Waals surface area contributed by atoms with Gasteiger partial charge >= 0.3 is 11.9 Å². The van der Waals surface area contributed by atoms with Crippen LogP contribution in [0.15, 0.2) is 30.3 Å². The SMILES string of the molecule is CCOC(=O)C[C@H](C(=O)OCC)[C@H](NC(=O)[C@@H](OC)c1ccccc1)C(N)=O. The van der Waals surface area contributed by atoms with E-state index in [4.69, 9.17) is 19.9 Å². The molecule has 0 bridgehead atoms. The third-order valence-electron chi connectivity index (χ3n) is 3.86. The van der Waals surface area contributed by atoms with Crippen LogP contribution in [0.4, 0.5) is 0 Å². The highest BCUT2D eigenvalue weighted by molar-refractivity contribution is 5.94. The molecule has 0 saturated heterocycles. The van der Waals surface area contributed by atoms with Gasteiger partial charge < -0.3 is 25.3 Å². The van der Waals surface area contributed by atoms with Crippen molar-refractivity contribution in [3.63, 3.8) is 0 Å². The Morgan fingerprint density at radius 3 is 2.14 bits per heavy atom. The summed E-state index contributed by atoms with van der Waals surface area (Å²) in [6.45, 7) is 3.31. The lowest BCUT2D eigenvalue weighted by molar-refractivity contribution is -0.157. The Labute approximate surface area is 163 Å². The normalized spacial score (nSPS) is 13.7. The number of methoxy groups -OCH3 is 1. The van der Waals surface area contributed by atoms with E-state index in [2.05, 4.69) is 5.32 Å². The molecule has 0 aliphatic heterocycles. The molecule has 0 heterocycles. The van der Waals surface area contributed by atoms with Crippen LogP contribution in [-0.4, -0.2) is 50.1 Å². The molecule has 0 aromatic heterocycles. The lowest BCUT2D eigenvalue weighted by Gasteiger charge is -2.25. The molecule has 0 spiro atoms. The van der Waals surface area contributed by atoms with Gasteiger partial charge in [0.15, 0.2) is 6.10 Å². The van der Waals surface area contributed by atoms with E-state index in [1.54, 1.807) is 44.2 Å². The molecule has 1 aromatic rings. The highest BCUT2D eigenvalue weighted by Crippen LogP contribution is 2.19. The van der Waals surface area contributed by atoms with Gasteiger partial charge in [-0.2, -0.15) is 0 Å². The van der Waals surface area contributed by atoms with Crippen LogP contribution in [0, 0.1) is 5.92 Å². The van der Waals surface area contributed by atoms with Gasteiger partial charge in [-0.15, -0.1) is 0 Å². The summed E-state index contributed by atoms with van der Waals surface area (Å²) in [6, 6.07) is 7.10. The van der Waals surface area contributed by atoms with Gasteiger partial charge in [0, 0.05) is 7.11 Å². The standard InChI is InChI=1S/C19H26N2O7/c1-4-27-14(22)11-13(19(25)28-5-2)15(17(20)23)21-18(24)16(26-3)12-9-7-6-8-10-12/h6-10,13,15-16H,4-5,11H2,1-3H3,(H2,20,23)(H,21,24)/t13-,15-,16-/m0/s1. The summed E-state index contributed by atoms with van der Waals surface area (Å²) in [7, 11) is 1.33. The predicted molar refractivity (Wildman–Crippen MR) is 98.7 cm³/mol. The number of nitrogens with two attached hydrogens (primary N) is 1. The molecule has 1 rings (SSSR count). The molecule has 9 heteroatoms. The number of rotatable bonds is 11. The lowest BCUT2D eigenvalue weighted by Crippen LogP contribution is -2.53. The number of carbonyl (C=O) groups is 4. The van der Waals surface area contributed by atoms with Gasteiger partial charge in [-0.1, -0.05) is 30.3 Å². The fraction of sp³-hybridized carbons (Fsp3) is 0.474. The number of ether oxygens (including phenoxy) is 3. The number of carbonyl (C=O) groups excluding carboxylic acids is 4. The van der Waals surface area contributed by atoms with Crippen molar-refractivity contribution in [2.75, 3.05) is 20.3 Å². The number of benzene rings is 1. The lowest BCUT2D eigenvalue weighted by atomic mass is 9.94. The van der Waals surface area contributed by atoms with Crippen molar-refractivity contribution < 1.29 is 33.4 Å². The highest BCUT2D eigenvalue weighted by atomic mass is 16.5. The molecule has 2 amide bonds. The van der Waals surface area contributed by atoms with Crippen LogP contribution >= 0.6 is 0 Å². The predicted octanol–water partition coefficient (Wildman–Crippen LogP) is 0.477. The number of amides is 2. The van der Waals surface area contributed by atoms with Crippen molar-refractivity contribution >= 4 is 23.8 Å². The third-order valence-corrected chi connectivity index (χ3v) is 3.86. The summed E-state index contributed by atoms with van der Waals surface area (Å²) in [5.74, 6) is -4.55. The van der Waals surface area contributed by atoms with Crippen molar-refractivity contribution in [3.05, 3.63) is 35.9 Å². The second-order valence-electron chi connectivity index (χ2n) is 5.78. The molecule has 0 aliphatic carbocycles. The summed E-state index contributed by atoms with van der Waals surface area (Å²) in [5, 5.41) is 2.41. The molecule has 0 radical (unpaired) electrons. The fourth-order valence-corrected chi connectivity index (χ4v) is 2.61. The van der Waals surface area contributed by atoms with Gasteiger partial charge in [-0.05, 0) is 19.4 Å². The number of hydrogen-bond acceptors (Lipinski definition) is 7. The Balaban J connectivity index is 3.08. The smallest absolute Gasteiger partial charge is 0.312 e. The van der Waals surface area contributed by atoms with Gasteiger partial charge in [-0.3, -0.25) is 19.2 Å². The molecule has 3 N–H and O–H groups in total. The fourth-order valence-electron chi connectivity index (χ4n) is 2.61. The van der Waals surface area contributed by atoms with Crippen LogP contribution < -0.4 is 11.1 Å². The Morgan fingerprint density at radius 1 is 1.04 bits per heavy atom. The molecule has 28 heavy (non-hydrogen) atoms. The summed E-state index contributed by atoms with van der Waals surface area (Å²) in [4.78, 5) is 48.8. The molecular formula is C19H26N2O7. The van der Waals surface area contributed by atoms with Gasteiger partial charge in [-0.25, -0.2) is 0 Å². The molecule has 0 saturated carbocycles. The van der Waals surface area contributed by atoms with Gasteiger partial charge in [0.25, 0.3) is 5.91 Å². The molecule has 9 nitrogen and oxygen atoms in total. The van der Waals surface area contributed by atoms with Crippen molar-refractivity contribution in [1.82, 2.24) is 5.32 Å². The maximum absolute atomic E-state index is 12.7. The third kappa shape index (κ3) is 6.66. The van der Waals surface area contributed by atoms with Crippen LogP contribution in [0.5, 0.6) is 0 Å². The minimum atomic E-state index is -1.47. The largest absolute Gasteiger partial charge is 0.466 e. The van der Waals surface area contributed by atoms with E-state index in [1.165, 1.54) is 7.11 Å². The molecular weight excluding hydrogens is 368 g/mol. The van der Waals surface area contributed by atoms with E-state index >= 15 is 0 Å². The molecule has 154 valence electrons. The molecule has 0 fully saturated rings. The van der Waals surface area contributed by atoms with E-state index in [9.17, 15) is 19.2 Å². The van der Waals surface area contributed by atoms with Crippen LogP contribution in [-0.2, 0) is 33.4 Å². The minimum Gasteiger partial charge on any atom is -0.466 e. The first-order valence-corrected chi connectivity index (χ1v) is 8.85. The van der Waals surface area contributed by atoms with Crippen LogP contribution in [0.2, 0.25) is 0 Å². The summed E-state index contributed by atoms with van der Waals surface area (Å²) in [6.07, 6.45) is -1.50. The van der Waals surface area contributed by atoms with Crippen molar-refractivity contribution in [2.24, 2.45) is 11.7 Å². The zero-order valence-corrected chi connectivity index (χ0v) is 16.2. The Bertz CT molecular complexity index is 678. The van der Waals surface area contributed by atoms with E-state index in [1.807, 2.05) is 0 Å². The number of nitrogens with one attached hydrogen (secondary N) is 1. The maximum Gasteiger partial charge on any atom is 0.312 e. The van der Waals surface area contributed by atoms with E-state index in [-0.39, 0.29) is 13.2 Å². The van der Waals surface area contributed by atoms with Crippen LogP contribution in [0.25, 0.3) is 0 Å². The highest BCUT2D eigenvalue weighted by Gasteiger charge is 2.38. The average Bonchev–Trinajstić information content (AvgIpc) is 2.66. The van der Waals surface area contributed by atoms with Crippen LogP contribution in [0.3, 0.4) is 0 Å². The maximum atomic E-state index is 12.7. The van der Waals surface area contributed by atoms with Crippen molar-refractivity contribution in [1.29, 1.82) is 0 Å². The monoisotopic (exact) mass is 394 g/mol. The zero-order valence-electron chi connectivity index (χ0n) is 16.2. The molecule has 1 aromatic carbocycles. The Morgan fingerprint density at radius 2 is 1.64 bits per heavy atom. The first-order valence-electron chi connectivity index (χ1n) is 8.85. The van der Waals surface area contributed by atoms with E-state index in [0.29, 0.717) is 5.56 Å². The van der Waals surface area contributed by atoms with Gasteiger partial charge in [0.05, 0.1) is 25.6 Å². The zero-order chi connectivity index (χ0) is 21.1. The summed E-state index contributed by atoms with van der Waals surface area (Å²) in [5.41, 5.74) is 5.94. The second kappa shape index (κ2) is 11.7. The van der Waals surface area contributed by atoms with E-state index in [0.717, 1.165) is 0 Å². The Kier molecular flexibility index (Phi) is 9.66. The first kappa shape index (κ1) is 23.1. The van der Waals surface area contributed by atoms with E-state index < -0.39 is 48.2 Å². The first-order chi connectivity index (χ1) is 13.3. The van der Waals surface area contributed by atoms with Crippen LogP contribution in [0.1, 0.15) is 31.9 Å². The second-order valence-corrected chi connectivity index (χ2v) is 5.78. The summed E-state index contributed by atoms with van der Waals surface area (Å²) >= 11 is 0. The van der Waals surface area contributed by atoms with Gasteiger partial charge in [0.2, 0.25) is 5.91 Å². The van der Waals surface area contributed by atoms with Gasteiger partial charge in [0.1, 0.15) is 6.04 Å². The topological polar surface area (TPSA) is 134 Å². The molecule has 3 atom stereocenters. The molecule has 0 unspecified atom stereocenters. The Hall–Kier alpha value is -2.94. The molecule has 0 aliphatic rings. The van der Waals surface area contributed by atoms with Crippen molar-refractivity contribution in [2.45, 2.75) is 32.4 Å².